The summed E-state index contributed by atoms with van der Waals surface area (Å²) in [5.74, 6) is 0. The van der Waals surface area contributed by atoms with Crippen LogP contribution in [0.3, 0.4) is 0 Å². The Balaban J connectivity index is 1.42. The number of benzene rings is 1. The van der Waals surface area contributed by atoms with Gasteiger partial charge in [-0.3, -0.25) is 0 Å². The van der Waals surface area contributed by atoms with Crippen molar-refractivity contribution in [1.82, 2.24) is 8.75 Å². The van der Waals surface area contributed by atoms with E-state index >= 15 is 0 Å². The lowest BCUT2D eigenvalue weighted by molar-refractivity contribution is 0.575. The number of nitrogens with zero attached hydrogens (tertiary/aromatic N) is 2. The van der Waals surface area contributed by atoms with Crippen LogP contribution in [-0.4, -0.2) is 8.75 Å². The fourth-order valence-electron chi connectivity index (χ4n) is 5.61. The summed E-state index contributed by atoms with van der Waals surface area (Å²) in [4.78, 5) is 2.62. The quantitative estimate of drug-likeness (QED) is 0.0844. The zero-order valence-corrected chi connectivity index (χ0v) is 30.5. The van der Waals surface area contributed by atoms with Gasteiger partial charge in [-0.1, -0.05) is 110 Å². The van der Waals surface area contributed by atoms with Crippen LogP contribution < -0.4 is 0 Å². The maximum Gasteiger partial charge on any atom is 0.114 e. The Kier molecular flexibility index (Phi) is 14.8. The van der Waals surface area contributed by atoms with Crippen molar-refractivity contribution >= 4 is 77.3 Å². The molecule has 7 heteroatoms. The molecule has 0 unspecified atom stereocenters. The topological polar surface area (TPSA) is 25.8 Å². The summed E-state index contributed by atoms with van der Waals surface area (Å²) < 4.78 is 11.9. The molecule has 0 saturated heterocycles. The van der Waals surface area contributed by atoms with Crippen LogP contribution in [0.15, 0.2) is 31.8 Å². The maximum atomic E-state index is 4.78. The third-order valence-corrected chi connectivity index (χ3v) is 12.6. The number of unbranched alkanes of at least 4 members (excludes halogenated alkanes) is 14. The van der Waals surface area contributed by atoms with Gasteiger partial charge in [0.25, 0.3) is 0 Å². The highest BCUT2D eigenvalue weighted by atomic mass is 79.9. The molecule has 4 rings (SSSR count). The van der Waals surface area contributed by atoms with Crippen molar-refractivity contribution in [2.24, 2.45) is 0 Å². The van der Waals surface area contributed by atoms with Gasteiger partial charge in [-0.2, -0.15) is 8.75 Å². The van der Waals surface area contributed by atoms with Crippen LogP contribution in [0.5, 0.6) is 0 Å². The van der Waals surface area contributed by atoms with Crippen molar-refractivity contribution in [2.75, 3.05) is 0 Å². The zero-order valence-electron chi connectivity index (χ0n) is 24.9. The standard InChI is InChI=1S/C34H46Br2N2S3/c1-3-5-7-9-11-13-15-17-19-25-23-29(39-33(25)35)27-21-22-28-32(38-41-37-28)31(27)30-24-26(34(36)40-30)20-18-16-14-12-10-8-6-4-2/h21-24H,3-20H2,1-2H3. The van der Waals surface area contributed by atoms with Crippen LogP contribution >= 0.6 is 66.3 Å². The lowest BCUT2D eigenvalue weighted by Crippen LogP contribution is -1.87. The number of halogens is 2. The molecule has 2 nitrogen and oxygen atoms in total. The van der Waals surface area contributed by atoms with Crippen molar-refractivity contribution in [3.8, 4) is 20.9 Å². The van der Waals surface area contributed by atoms with E-state index in [-0.39, 0.29) is 0 Å². The largest absolute Gasteiger partial charge is 0.173 e. The molecule has 3 heterocycles. The third kappa shape index (κ3) is 9.96. The number of thiophene rings is 2. The molecule has 0 amide bonds. The smallest absolute Gasteiger partial charge is 0.114 e. The fourth-order valence-corrected chi connectivity index (χ4v) is 9.79. The molecule has 3 aromatic heterocycles. The lowest BCUT2D eigenvalue weighted by Gasteiger charge is -2.07. The predicted molar refractivity (Wildman–Crippen MR) is 192 cm³/mol. The van der Waals surface area contributed by atoms with Crippen molar-refractivity contribution < 1.29 is 0 Å². The van der Waals surface area contributed by atoms with Crippen LogP contribution in [-0.2, 0) is 12.8 Å². The van der Waals surface area contributed by atoms with E-state index in [4.69, 9.17) is 4.37 Å². The molecule has 0 aliphatic rings. The number of aromatic nitrogens is 2. The van der Waals surface area contributed by atoms with E-state index in [1.807, 2.05) is 22.7 Å². The molecule has 0 N–H and O–H groups in total. The summed E-state index contributed by atoms with van der Waals surface area (Å²) in [6.07, 6.45) is 24.0. The van der Waals surface area contributed by atoms with Gasteiger partial charge in [0.05, 0.1) is 19.3 Å². The maximum absolute atomic E-state index is 4.78. The van der Waals surface area contributed by atoms with E-state index in [2.05, 4.69) is 74.3 Å². The second-order valence-corrected chi connectivity index (χ2v) is 16.7. The summed E-state index contributed by atoms with van der Waals surface area (Å²) in [6.45, 7) is 4.58. The number of fused-ring (bicyclic) bond motifs is 1. The van der Waals surface area contributed by atoms with Crippen molar-refractivity contribution in [2.45, 2.75) is 129 Å². The first-order valence-corrected chi connectivity index (χ1v) is 19.9. The lowest BCUT2D eigenvalue weighted by atomic mass is 10.00. The predicted octanol–water partition coefficient (Wildman–Crippen LogP) is 14.0. The molecule has 224 valence electrons. The summed E-state index contributed by atoms with van der Waals surface area (Å²) in [5, 5.41) is 0. The van der Waals surface area contributed by atoms with Gasteiger partial charge in [0.2, 0.25) is 0 Å². The van der Waals surface area contributed by atoms with E-state index in [0.29, 0.717) is 0 Å². The SMILES string of the molecule is CCCCCCCCCCc1cc(-c2ccc3nsnc3c2-c2cc(CCCCCCCCCC)c(Br)s2)sc1Br. The molecule has 0 fully saturated rings. The molecule has 41 heavy (non-hydrogen) atoms. The summed E-state index contributed by atoms with van der Waals surface area (Å²) >= 11 is 12.9. The monoisotopic (exact) mass is 736 g/mol. The summed E-state index contributed by atoms with van der Waals surface area (Å²) in [5.41, 5.74) is 7.44. The number of hydrogen-bond donors (Lipinski definition) is 0. The minimum atomic E-state index is 0.998. The molecule has 0 saturated carbocycles. The molecule has 0 spiro atoms. The first-order chi connectivity index (χ1) is 20.1. The van der Waals surface area contributed by atoms with Crippen LogP contribution in [0.4, 0.5) is 0 Å². The first kappa shape index (κ1) is 33.3. The van der Waals surface area contributed by atoms with E-state index in [1.165, 1.54) is 154 Å². The van der Waals surface area contributed by atoms with Gasteiger partial charge in [0.1, 0.15) is 11.0 Å². The Morgan fingerprint density at radius 2 is 1.07 bits per heavy atom. The number of aryl methyl sites for hydroxylation is 2. The normalized spacial score (nSPS) is 11.7. The molecule has 0 radical (unpaired) electrons. The van der Waals surface area contributed by atoms with E-state index < -0.39 is 0 Å². The molecule has 4 aromatic rings. The van der Waals surface area contributed by atoms with Crippen LogP contribution in [0.2, 0.25) is 0 Å². The molecule has 0 aliphatic heterocycles. The van der Waals surface area contributed by atoms with Crippen molar-refractivity contribution in [3.63, 3.8) is 0 Å². The van der Waals surface area contributed by atoms with Gasteiger partial charge in [-0.15, -0.1) is 22.7 Å². The van der Waals surface area contributed by atoms with Gasteiger partial charge in [0, 0.05) is 20.9 Å². The van der Waals surface area contributed by atoms with Crippen LogP contribution in [0, 0.1) is 0 Å². The Morgan fingerprint density at radius 1 is 0.585 bits per heavy atom. The highest BCUT2D eigenvalue weighted by molar-refractivity contribution is 9.11. The molecule has 1 aromatic carbocycles. The zero-order chi connectivity index (χ0) is 28.9. The van der Waals surface area contributed by atoms with Crippen LogP contribution in [0.25, 0.3) is 31.9 Å². The molecule has 0 bridgehead atoms. The second-order valence-electron chi connectivity index (χ2n) is 11.4. The minimum Gasteiger partial charge on any atom is -0.173 e. The highest BCUT2D eigenvalue weighted by Gasteiger charge is 2.20. The van der Waals surface area contributed by atoms with Crippen molar-refractivity contribution in [1.29, 1.82) is 0 Å². The van der Waals surface area contributed by atoms with Gasteiger partial charge >= 0.3 is 0 Å². The van der Waals surface area contributed by atoms with Gasteiger partial charge in [-0.25, -0.2) is 0 Å². The molecule has 0 atom stereocenters. The molecule has 0 aliphatic carbocycles. The average molecular weight is 739 g/mol. The summed E-state index contributed by atoms with van der Waals surface area (Å²) in [7, 11) is 0. The molecular weight excluding hydrogens is 692 g/mol. The van der Waals surface area contributed by atoms with Crippen LogP contribution in [0.1, 0.15) is 128 Å². The highest BCUT2D eigenvalue weighted by Crippen LogP contribution is 2.46. The Labute approximate surface area is 277 Å². The Morgan fingerprint density at radius 3 is 1.63 bits per heavy atom. The minimum absolute atomic E-state index is 0.998. The van der Waals surface area contributed by atoms with E-state index in [1.54, 1.807) is 0 Å². The molecular formula is C34H46Br2N2S3. The Hall–Kier alpha value is -0.600. The number of hydrogen-bond acceptors (Lipinski definition) is 5. The fraction of sp³-hybridized carbons (Fsp3) is 0.588. The second kappa shape index (κ2) is 18.3. The van der Waals surface area contributed by atoms with Crippen molar-refractivity contribution in [3.05, 3.63) is 43.0 Å². The van der Waals surface area contributed by atoms with Gasteiger partial charge in [0.15, 0.2) is 0 Å². The third-order valence-electron chi connectivity index (χ3n) is 8.05. The Bertz CT molecular complexity index is 1320. The number of rotatable bonds is 20. The first-order valence-electron chi connectivity index (χ1n) is 15.9. The van der Waals surface area contributed by atoms with Gasteiger partial charge in [-0.05, 0) is 86.9 Å². The summed E-state index contributed by atoms with van der Waals surface area (Å²) in [6, 6.07) is 9.25. The van der Waals surface area contributed by atoms with E-state index in [9.17, 15) is 0 Å². The van der Waals surface area contributed by atoms with E-state index in [0.717, 1.165) is 23.9 Å². The van der Waals surface area contributed by atoms with Gasteiger partial charge < -0.3 is 0 Å². The average Bonchev–Trinajstić information content (AvgIpc) is 3.69.